The van der Waals surface area contributed by atoms with Crippen molar-refractivity contribution < 1.29 is 47.9 Å². The van der Waals surface area contributed by atoms with E-state index < -0.39 is 119 Å². The van der Waals surface area contributed by atoms with Crippen LogP contribution in [-0.4, -0.2) is 145 Å². The van der Waals surface area contributed by atoms with E-state index in [0.29, 0.717) is 19.3 Å². The largest absolute Gasteiger partial charge is 0.370 e. The van der Waals surface area contributed by atoms with Crippen LogP contribution in [0.1, 0.15) is 167 Å². The van der Waals surface area contributed by atoms with Gasteiger partial charge in [0.25, 0.3) is 0 Å². The van der Waals surface area contributed by atoms with Crippen molar-refractivity contribution in [1.82, 2.24) is 47.9 Å². The molecule has 10 amide bonds. The van der Waals surface area contributed by atoms with Crippen LogP contribution in [0.3, 0.4) is 0 Å². The van der Waals surface area contributed by atoms with E-state index in [1.165, 1.54) is 6.92 Å². The van der Waals surface area contributed by atoms with Gasteiger partial charge in [0.2, 0.25) is 59.1 Å². The Labute approximate surface area is 486 Å². The van der Waals surface area contributed by atoms with Gasteiger partial charge < -0.3 is 82.3 Å². The number of rotatable bonds is 41. The summed E-state index contributed by atoms with van der Waals surface area (Å²) in [4.78, 5) is 145. The topological polar surface area (TPSA) is 460 Å². The summed E-state index contributed by atoms with van der Waals surface area (Å²) < 4.78 is 0. The molecule has 21 N–H and O–H groups in total. The fourth-order valence-electron chi connectivity index (χ4n) is 8.77. The third-order valence-corrected chi connectivity index (χ3v) is 12.8. The molecule has 0 bridgehead atoms. The van der Waals surface area contributed by atoms with E-state index in [9.17, 15) is 47.9 Å². The van der Waals surface area contributed by atoms with Crippen LogP contribution in [0.15, 0.2) is 9.98 Å². The maximum Gasteiger partial charge on any atom is 0.243 e. The number of nitrogens with one attached hydrogen (secondary N) is 9. The van der Waals surface area contributed by atoms with E-state index in [4.69, 9.17) is 34.4 Å². The smallest absolute Gasteiger partial charge is 0.243 e. The molecule has 27 nitrogen and oxygen atoms in total. The van der Waals surface area contributed by atoms with Crippen LogP contribution in [0.4, 0.5) is 0 Å². The third kappa shape index (κ3) is 32.6. The molecule has 0 rings (SSSR count). The number of guanidine groups is 2. The summed E-state index contributed by atoms with van der Waals surface area (Å²) in [7, 11) is 0. The highest BCUT2D eigenvalue weighted by molar-refractivity contribution is 5.98. The van der Waals surface area contributed by atoms with Crippen molar-refractivity contribution in [3.8, 4) is 0 Å². The number of hydrogen-bond donors (Lipinski definition) is 15. The van der Waals surface area contributed by atoms with Gasteiger partial charge in [-0.15, -0.1) is 0 Å². The molecule has 0 aliphatic rings. The summed E-state index contributed by atoms with van der Waals surface area (Å²) in [5, 5.41) is 24.7. The average molecular weight is 1160 g/mol. The molecular weight excluding hydrogens is 1060 g/mol. The second kappa shape index (κ2) is 39.6. The molecule has 0 aliphatic heterocycles. The Balaban J connectivity index is 7.00. The summed E-state index contributed by atoms with van der Waals surface area (Å²) in [5.41, 5.74) is 33.5. The van der Waals surface area contributed by atoms with Gasteiger partial charge in [-0.2, -0.15) is 0 Å². The van der Waals surface area contributed by atoms with E-state index >= 15 is 0 Å². The molecule has 0 aromatic heterocycles. The molecule has 0 spiro atoms. The molecule has 0 unspecified atom stereocenters. The number of hydrogen-bond acceptors (Lipinski definition) is 13. The highest BCUT2D eigenvalue weighted by Crippen LogP contribution is 2.15. The summed E-state index contributed by atoms with van der Waals surface area (Å²) in [6, 6.07) is -10.5. The minimum absolute atomic E-state index is 0.0174. The van der Waals surface area contributed by atoms with E-state index in [-0.39, 0.29) is 119 Å². The van der Waals surface area contributed by atoms with Crippen LogP contribution in [0.5, 0.6) is 0 Å². The number of primary amides is 1. The number of aliphatic imine (C=N–C) groups is 2. The number of amides is 10. The summed E-state index contributed by atoms with van der Waals surface area (Å²) in [6.45, 7) is 23.7. The van der Waals surface area contributed by atoms with Gasteiger partial charge >= 0.3 is 0 Å². The van der Waals surface area contributed by atoms with E-state index in [1.807, 2.05) is 69.2 Å². The second-order valence-electron chi connectivity index (χ2n) is 23.6. The molecule has 0 saturated heterocycles. The van der Waals surface area contributed by atoms with Gasteiger partial charge in [-0.1, -0.05) is 83.1 Å². The first-order valence-electron chi connectivity index (χ1n) is 29.0. The van der Waals surface area contributed by atoms with Crippen molar-refractivity contribution in [2.75, 3.05) is 19.6 Å². The predicted molar refractivity (Wildman–Crippen MR) is 317 cm³/mol. The van der Waals surface area contributed by atoms with Crippen molar-refractivity contribution >= 4 is 71.0 Å². The van der Waals surface area contributed by atoms with Crippen molar-refractivity contribution in [2.45, 2.75) is 221 Å². The molecule has 0 aromatic rings. The van der Waals surface area contributed by atoms with Crippen molar-refractivity contribution in [3.63, 3.8) is 0 Å². The molecule has 0 aliphatic carbocycles. The lowest BCUT2D eigenvalue weighted by atomic mass is 9.97. The highest BCUT2D eigenvalue weighted by Gasteiger charge is 2.36. The van der Waals surface area contributed by atoms with Crippen molar-refractivity contribution in [1.29, 1.82) is 0 Å². The quantitative estimate of drug-likeness (QED) is 0.0198. The molecule has 0 radical (unpaired) electrons. The van der Waals surface area contributed by atoms with Crippen LogP contribution in [0.25, 0.3) is 0 Å². The second-order valence-corrected chi connectivity index (χ2v) is 23.6. The summed E-state index contributed by atoms with van der Waals surface area (Å²) >= 11 is 0. The maximum atomic E-state index is 14.5. The Morgan fingerprint density at radius 3 is 0.902 bits per heavy atom. The first kappa shape index (κ1) is 75.2. The Morgan fingerprint density at radius 2 is 0.610 bits per heavy atom. The summed E-state index contributed by atoms with van der Waals surface area (Å²) in [5.74, 6) is -8.11. The SMILES string of the molecule is CC(=O)N[C@@H](CC(C)C)C(=O)N[C@@H](CC(C)C)C(=O)N[C@@H](CC(C)C)C(=O)N[C@@H](CC(C)C)C(=O)N[C@@H](CCCN=C(N)N)C(=O)N[C@H](C(=O)N[C@@H](CCCCN)C(=O)N[C@@H](CCCN=C(N)N)C(=O)N[C@@H](CC(C)C)C(N)=O)C(C)C. The Bertz CT molecular complexity index is 2110. The minimum atomic E-state index is -1.33. The lowest BCUT2D eigenvalue weighted by Crippen LogP contribution is -2.61. The third-order valence-electron chi connectivity index (χ3n) is 12.8. The van der Waals surface area contributed by atoms with Crippen molar-refractivity contribution in [2.24, 2.45) is 79.9 Å². The molecule has 82 heavy (non-hydrogen) atoms. The molecule has 0 aromatic carbocycles. The molecule has 9 atom stereocenters. The van der Waals surface area contributed by atoms with Crippen LogP contribution in [0.2, 0.25) is 0 Å². The van der Waals surface area contributed by atoms with Crippen LogP contribution in [0, 0.1) is 35.5 Å². The fourth-order valence-corrected chi connectivity index (χ4v) is 8.77. The lowest BCUT2D eigenvalue weighted by Gasteiger charge is -2.30. The maximum absolute atomic E-state index is 14.5. The van der Waals surface area contributed by atoms with Gasteiger partial charge in [-0.05, 0) is 119 Å². The van der Waals surface area contributed by atoms with Crippen LogP contribution >= 0.6 is 0 Å². The van der Waals surface area contributed by atoms with Gasteiger partial charge in [0, 0.05) is 20.0 Å². The van der Waals surface area contributed by atoms with E-state index in [0.717, 1.165) is 0 Å². The van der Waals surface area contributed by atoms with Crippen LogP contribution < -0.4 is 82.3 Å². The average Bonchev–Trinajstić information content (AvgIpc) is 3.45. The zero-order valence-electron chi connectivity index (χ0n) is 51.2. The molecule has 470 valence electrons. The van der Waals surface area contributed by atoms with Gasteiger partial charge in [-0.3, -0.25) is 57.9 Å². The lowest BCUT2D eigenvalue weighted by molar-refractivity contribution is -0.136. The van der Waals surface area contributed by atoms with Gasteiger partial charge in [0.05, 0.1) is 0 Å². The number of nitrogens with two attached hydrogens (primary N) is 6. The number of nitrogens with zero attached hydrogens (tertiary/aromatic N) is 2. The normalized spacial score (nSPS) is 14.7. The Kier molecular flexibility index (Phi) is 36.3. The number of unbranched alkanes of at least 4 members (excludes halogenated alkanes) is 1. The predicted octanol–water partition coefficient (Wildman–Crippen LogP) is -1.02. The number of carbonyl (C=O) groups is 10. The van der Waals surface area contributed by atoms with Crippen molar-refractivity contribution in [3.05, 3.63) is 0 Å². The van der Waals surface area contributed by atoms with Gasteiger partial charge in [-0.25, -0.2) is 0 Å². The molecule has 27 heteroatoms. The zero-order chi connectivity index (χ0) is 63.0. The van der Waals surface area contributed by atoms with Gasteiger partial charge in [0.1, 0.15) is 54.4 Å². The first-order valence-corrected chi connectivity index (χ1v) is 29.0. The van der Waals surface area contributed by atoms with E-state index in [1.54, 1.807) is 13.8 Å². The van der Waals surface area contributed by atoms with E-state index in [2.05, 4.69) is 57.8 Å². The Morgan fingerprint density at radius 1 is 0.341 bits per heavy atom. The molecule has 0 saturated carbocycles. The highest BCUT2D eigenvalue weighted by atomic mass is 16.2. The fraction of sp³-hybridized carbons (Fsp3) is 0.782. The minimum Gasteiger partial charge on any atom is -0.370 e. The monoisotopic (exact) mass is 1160 g/mol. The summed E-state index contributed by atoms with van der Waals surface area (Å²) in [6.07, 6.45) is 2.36. The number of carbonyl (C=O) groups excluding carboxylic acids is 10. The Hall–Kier alpha value is -6.80. The standard InChI is InChI=1S/C55H105N17O10/c1-29(2)24-39(45(57)74)68-47(76)37(19-16-22-62-54(58)59)65-46(75)36(18-14-15-21-56)67-53(82)44(34(11)12)72-48(77)38(20-17-23-63-55(60)61)66-50(79)41(26-31(5)6)70-52(81)43(28-33(9)10)71-51(80)42(27-32(7)8)69-49(78)40(25-30(3)4)64-35(13)73/h29-34,36-44H,14-28,56H2,1-13H3,(H2,57,74)(H,64,73)(H,65,75)(H,66,79)(H,67,82)(H,68,76)(H,69,78)(H,70,81)(H,71,80)(H,72,77)(H4,58,59,62)(H4,60,61,63)/t36-,37-,38-,39-,40-,41-,42-,43-,44-/m0/s1. The molecule has 0 heterocycles. The van der Waals surface area contributed by atoms with Crippen LogP contribution in [-0.2, 0) is 47.9 Å². The molecular formula is C55H105N17O10. The molecule has 0 fully saturated rings. The zero-order valence-corrected chi connectivity index (χ0v) is 51.2. The van der Waals surface area contributed by atoms with Gasteiger partial charge in [0.15, 0.2) is 11.9 Å². The first-order chi connectivity index (χ1) is 38.2.